The monoisotopic (exact) mass is 326 g/mol. The molecule has 106 valence electrons. The molecule has 0 atom stereocenters. The Morgan fingerprint density at radius 3 is 2.95 bits per heavy atom. The van der Waals surface area contributed by atoms with E-state index < -0.39 is 0 Å². The van der Waals surface area contributed by atoms with Gasteiger partial charge in [0.25, 0.3) is 0 Å². The summed E-state index contributed by atoms with van der Waals surface area (Å²) in [6.45, 7) is 3.94. The molecule has 3 nitrogen and oxygen atoms in total. The Labute approximate surface area is 124 Å². The molecule has 1 aromatic carbocycles. The molecule has 0 fully saturated rings. The second-order valence-electron chi connectivity index (χ2n) is 5.34. The summed E-state index contributed by atoms with van der Waals surface area (Å²) in [6.07, 6.45) is 3.49. The number of fused-ring (bicyclic) bond motifs is 1. The van der Waals surface area contributed by atoms with Crippen LogP contribution in [0.1, 0.15) is 24.0 Å². The van der Waals surface area contributed by atoms with Crippen LogP contribution in [-0.2, 0) is 13.0 Å². The molecule has 0 unspecified atom stereocenters. The second kappa shape index (κ2) is 7.27. The highest BCUT2D eigenvalue weighted by atomic mass is 79.9. The van der Waals surface area contributed by atoms with Gasteiger partial charge in [-0.3, -0.25) is 0 Å². The van der Waals surface area contributed by atoms with Gasteiger partial charge in [0, 0.05) is 23.0 Å². The van der Waals surface area contributed by atoms with Gasteiger partial charge in [0.05, 0.1) is 6.61 Å². The van der Waals surface area contributed by atoms with Crippen molar-refractivity contribution in [2.45, 2.75) is 25.8 Å². The fourth-order valence-electron chi connectivity index (χ4n) is 2.38. The molecular formula is C15H23BrN2O. The van der Waals surface area contributed by atoms with Crippen LogP contribution in [0.3, 0.4) is 0 Å². The van der Waals surface area contributed by atoms with Gasteiger partial charge in [-0.2, -0.15) is 0 Å². The highest BCUT2D eigenvalue weighted by Gasteiger charge is 2.16. The van der Waals surface area contributed by atoms with Crippen molar-refractivity contribution < 1.29 is 4.74 Å². The lowest BCUT2D eigenvalue weighted by atomic mass is 10.1. The average molecular weight is 327 g/mol. The molecule has 0 aliphatic carbocycles. The van der Waals surface area contributed by atoms with E-state index in [-0.39, 0.29) is 0 Å². The zero-order valence-electron chi connectivity index (χ0n) is 11.8. The molecular weight excluding hydrogens is 304 g/mol. The number of halogens is 1. The predicted molar refractivity (Wildman–Crippen MR) is 82.8 cm³/mol. The molecule has 1 aliphatic heterocycles. The van der Waals surface area contributed by atoms with Crippen LogP contribution in [0.15, 0.2) is 16.6 Å². The van der Waals surface area contributed by atoms with Gasteiger partial charge in [0.1, 0.15) is 5.75 Å². The number of ether oxygens (including phenoxy) is 1. The lowest BCUT2D eigenvalue weighted by molar-refractivity contribution is 0.352. The van der Waals surface area contributed by atoms with Crippen molar-refractivity contribution in [1.82, 2.24) is 10.2 Å². The maximum Gasteiger partial charge on any atom is 0.127 e. The summed E-state index contributed by atoms with van der Waals surface area (Å²) in [5, 5.41) is 3.51. The molecule has 2 rings (SSSR count). The number of benzene rings is 1. The summed E-state index contributed by atoms with van der Waals surface area (Å²) in [5.41, 5.74) is 2.60. The second-order valence-corrected chi connectivity index (χ2v) is 6.25. The van der Waals surface area contributed by atoms with Crippen LogP contribution in [0.5, 0.6) is 5.75 Å². The first-order valence-electron chi connectivity index (χ1n) is 6.96. The van der Waals surface area contributed by atoms with E-state index in [1.165, 1.54) is 24.0 Å². The van der Waals surface area contributed by atoms with Crippen molar-refractivity contribution in [3.63, 3.8) is 0 Å². The first kappa shape index (κ1) is 14.8. The van der Waals surface area contributed by atoms with E-state index in [0.29, 0.717) is 0 Å². The third kappa shape index (κ3) is 4.48. The first-order chi connectivity index (χ1) is 9.16. The molecule has 1 aromatic rings. The van der Waals surface area contributed by atoms with Gasteiger partial charge < -0.3 is 15.0 Å². The molecule has 0 bridgehead atoms. The van der Waals surface area contributed by atoms with E-state index in [2.05, 4.69) is 52.4 Å². The van der Waals surface area contributed by atoms with Crippen LogP contribution >= 0.6 is 15.9 Å². The van der Waals surface area contributed by atoms with Crippen molar-refractivity contribution in [3.05, 3.63) is 27.7 Å². The number of nitrogens with zero attached hydrogens (tertiary/aromatic N) is 1. The van der Waals surface area contributed by atoms with E-state index in [1.54, 1.807) is 0 Å². The Bertz CT molecular complexity index is 421. The normalized spacial score (nSPS) is 13.7. The topological polar surface area (TPSA) is 24.5 Å². The minimum atomic E-state index is 0.821. The van der Waals surface area contributed by atoms with Gasteiger partial charge in [0.15, 0.2) is 0 Å². The predicted octanol–water partition coefficient (Wildman–Crippen LogP) is 2.82. The highest BCUT2D eigenvalue weighted by molar-refractivity contribution is 9.10. The SMILES string of the molecule is CN(C)CCCCNCc1cc(Br)cc2c1OCC2. The van der Waals surface area contributed by atoms with Crippen LogP contribution < -0.4 is 10.1 Å². The van der Waals surface area contributed by atoms with Gasteiger partial charge >= 0.3 is 0 Å². The number of hydrogen-bond donors (Lipinski definition) is 1. The summed E-state index contributed by atoms with van der Waals surface area (Å²) >= 11 is 3.58. The first-order valence-corrected chi connectivity index (χ1v) is 7.75. The molecule has 4 heteroatoms. The molecule has 0 aromatic heterocycles. The molecule has 0 amide bonds. The smallest absolute Gasteiger partial charge is 0.127 e. The van der Waals surface area contributed by atoms with E-state index in [9.17, 15) is 0 Å². The average Bonchev–Trinajstić information content (AvgIpc) is 2.80. The molecule has 0 spiro atoms. The van der Waals surface area contributed by atoms with Crippen molar-refractivity contribution in [1.29, 1.82) is 0 Å². The standard InChI is InChI=1S/C15H23BrN2O/c1-18(2)7-4-3-6-17-11-13-10-14(16)9-12-5-8-19-15(12)13/h9-10,17H,3-8,11H2,1-2H3. The fraction of sp³-hybridized carbons (Fsp3) is 0.600. The van der Waals surface area contributed by atoms with Crippen LogP contribution in [0.2, 0.25) is 0 Å². The number of unbranched alkanes of at least 4 members (excludes halogenated alkanes) is 1. The highest BCUT2D eigenvalue weighted by Crippen LogP contribution is 2.32. The minimum Gasteiger partial charge on any atom is -0.493 e. The third-order valence-corrected chi connectivity index (χ3v) is 3.81. The summed E-state index contributed by atoms with van der Waals surface area (Å²) in [4.78, 5) is 2.23. The van der Waals surface area contributed by atoms with Crippen molar-refractivity contribution >= 4 is 15.9 Å². The molecule has 1 aliphatic rings. The summed E-state index contributed by atoms with van der Waals surface area (Å²) < 4.78 is 6.88. The van der Waals surface area contributed by atoms with Crippen LogP contribution in [0.25, 0.3) is 0 Å². The Morgan fingerprint density at radius 1 is 1.32 bits per heavy atom. The lowest BCUT2D eigenvalue weighted by Gasteiger charge is -2.11. The zero-order chi connectivity index (χ0) is 13.7. The fourth-order valence-corrected chi connectivity index (χ4v) is 2.93. The summed E-state index contributed by atoms with van der Waals surface area (Å²) in [5.74, 6) is 1.10. The quantitative estimate of drug-likeness (QED) is 0.780. The maximum atomic E-state index is 5.73. The van der Waals surface area contributed by atoms with Crippen molar-refractivity contribution in [2.24, 2.45) is 0 Å². The van der Waals surface area contributed by atoms with Gasteiger partial charge in [-0.25, -0.2) is 0 Å². The lowest BCUT2D eigenvalue weighted by Crippen LogP contribution is -2.18. The Morgan fingerprint density at radius 2 is 2.16 bits per heavy atom. The zero-order valence-corrected chi connectivity index (χ0v) is 13.4. The molecule has 0 saturated carbocycles. The largest absolute Gasteiger partial charge is 0.493 e. The maximum absolute atomic E-state index is 5.73. The molecule has 19 heavy (non-hydrogen) atoms. The number of nitrogens with one attached hydrogen (secondary N) is 1. The van der Waals surface area contributed by atoms with E-state index in [0.717, 1.165) is 42.9 Å². The third-order valence-electron chi connectivity index (χ3n) is 3.35. The van der Waals surface area contributed by atoms with Crippen molar-refractivity contribution in [3.8, 4) is 5.75 Å². The number of hydrogen-bond acceptors (Lipinski definition) is 3. The summed E-state index contributed by atoms with van der Waals surface area (Å²) in [6, 6.07) is 4.33. The molecule has 1 N–H and O–H groups in total. The van der Waals surface area contributed by atoms with E-state index in [1.807, 2.05) is 0 Å². The van der Waals surface area contributed by atoms with Crippen LogP contribution in [-0.4, -0.2) is 38.7 Å². The van der Waals surface area contributed by atoms with Crippen molar-refractivity contribution in [2.75, 3.05) is 33.8 Å². The molecule has 0 radical (unpaired) electrons. The Kier molecular flexibility index (Phi) is 5.67. The van der Waals surface area contributed by atoms with Crippen LogP contribution in [0.4, 0.5) is 0 Å². The van der Waals surface area contributed by atoms with Gasteiger partial charge in [0.2, 0.25) is 0 Å². The Balaban J connectivity index is 1.77. The summed E-state index contributed by atoms with van der Waals surface area (Å²) in [7, 11) is 4.24. The van der Waals surface area contributed by atoms with Gasteiger partial charge in [-0.05, 0) is 57.7 Å². The minimum absolute atomic E-state index is 0.821. The van der Waals surface area contributed by atoms with Crippen LogP contribution in [0, 0.1) is 0 Å². The molecule has 0 saturated heterocycles. The van der Waals surface area contributed by atoms with Gasteiger partial charge in [-0.1, -0.05) is 15.9 Å². The molecule has 1 heterocycles. The number of rotatable bonds is 7. The van der Waals surface area contributed by atoms with Gasteiger partial charge in [-0.15, -0.1) is 0 Å². The Hall–Kier alpha value is -0.580. The van der Waals surface area contributed by atoms with E-state index >= 15 is 0 Å². The van der Waals surface area contributed by atoms with E-state index in [4.69, 9.17) is 4.74 Å².